The van der Waals surface area contributed by atoms with Gasteiger partial charge in [-0.25, -0.2) is 0 Å². The summed E-state index contributed by atoms with van der Waals surface area (Å²) in [5, 5.41) is 0. The molecular formula is C18H14O. The van der Waals surface area contributed by atoms with Gasteiger partial charge in [0.15, 0.2) is 5.60 Å². The molecule has 4 rings (SSSR count). The van der Waals surface area contributed by atoms with E-state index in [9.17, 15) is 0 Å². The Morgan fingerprint density at radius 3 is 2.26 bits per heavy atom. The van der Waals surface area contributed by atoms with Crippen LogP contribution in [0.1, 0.15) is 17.5 Å². The van der Waals surface area contributed by atoms with Crippen LogP contribution in [0.5, 0.6) is 0 Å². The molecule has 2 bridgehead atoms. The summed E-state index contributed by atoms with van der Waals surface area (Å²) in [6.45, 7) is 0. The predicted molar refractivity (Wildman–Crippen MR) is 76.3 cm³/mol. The van der Waals surface area contributed by atoms with E-state index >= 15 is 0 Å². The molecule has 0 amide bonds. The number of rotatable bonds is 2. The molecular weight excluding hydrogens is 232 g/mol. The van der Waals surface area contributed by atoms with E-state index in [0.717, 1.165) is 12.2 Å². The molecule has 0 aromatic heterocycles. The first-order chi connectivity index (χ1) is 9.37. The van der Waals surface area contributed by atoms with E-state index in [-0.39, 0.29) is 5.60 Å². The van der Waals surface area contributed by atoms with Crippen LogP contribution in [0.25, 0.3) is 5.57 Å². The lowest BCUT2D eigenvalue weighted by atomic mass is 9.84. The quantitative estimate of drug-likeness (QED) is 0.768. The van der Waals surface area contributed by atoms with Gasteiger partial charge in [0.2, 0.25) is 0 Å². The largest absolute Gasteiger partial charge is 0.478 e. The van der Waals surface area contributed by atoms with Gasteiger partial charge in [-0.15, -0.1) is 0 Å². The number of fused-ring (bicyclic) bond motifs is 2. The molecule has 1 heteroatoms. The Morgan fingerprint density at radius 2 is 1.53 bits per heavy atom. The molecule has 2 aromatic rings. The van der Waals surface area contributed by atoms with Gasteiger partial charge in [-0.1, -0.05) is 60.7 Å². The van der Waals surface area contributed by atoms with Gasteiger partial charge >= 0.3 is 0 Å². The van der Waals surface area contributed by atoms with E-state index in [1.54, 1.807) is 0 Å². The number of hydrogen-bond acceptors (Lipinski definition) is 1. The SMILES string of the molecule is C1=CC2(c3ccccc3)CC(c3ccccc3)=C1O2. The Morgan fingerprint density at radius 1 is 0.842 bits per heavy atom. The van der Waals surface area contributed by atoms with Crippen LogP contribution in [0, 0.1) is 0 Å². The topological polar surface area (TPSA) is 9.23 Å². The molecule has 0 aliphatic carbocycles. The molecule has 2 heterocycles. The second-order valence-electron chi connectivity index (χ2n) is 5.08. The van der Waals surface area contributed by atoms with Gasteiger partial charge in [-0.3, -0.25) is 0 Å². The summed E-state index contributed by atoms with van der Waals surface area (Å²) in [6, 6.07) is 21.0. The van der Waals surface area contributed by atoms with E-state index in [4.69, 9.17) is 4.74 Å². The van der Waals surface area contributed by atoms with Crippen molar-refractivity contribution in [3.63, 3.8) is 0 Å². The van der Waals surface area contributed by atoms with Gasteiger partial charge in [0, 0.05) is 12.0 Å². The molecule has 2 aliphatic rings. The van der Waals surface area contributed by atoms with Crippen LogP contribution in [0.15, 0.2) is 78.6 Å². The van der Waals surface area contributed by atoms with Crippen molar-refractivity contribution in [2.24, 2.45) is 0 Å². The summed E-state index contributed by atoms with van der Waals surface area (Å²) in [4.78, 5) is 0. The fraction of sp³-hybridized carbons (Fsp3) is 0.111. The molecule has 0 fully saturated rings. The molecule has 1 unspecified atom stereocenters. The predicted octanol–water partition coefficient (Wildman–Crippen LogP) is 4.28. The van der Waals surface area contributed by atoms with Crippen molar-refractivity contribution in [3.05, 3.63) is 89.7 Å². The van der Waals surface area contributed by atoms with Gasteiger partial charge in [0.05, 0.1) is 0 Å². The van der Waals surface area contributed by atoms with Gasteiger partial charge < -0.3 is 4.74 Å². The number of ether oxygens (including phenoxy) is 1. The lowest BCUT2D eigenvalue weighted by Gasteiger charge is -2.23. The zero-order valence-electron chi connectivity index (χ0n) is 10.5. The molecule has 19 heavy (non-hydrogen) atoms. The second-order valence-corrected chi connectivity index (χ2v) is 5.08. The zero-order valence-corrected chi connectivity index (χ0v) is 10.5. The van der Waals surface area contributed by atoms with E-state index in [0.29, 0.717) is 0 Å². The van der Waals surface area contributed by atoms with Crippen LogP contribution >= 0.6 is 0 Å². The number of benzene rings is 2. The van der Waals surface area contributed by atoms with Crippen molar-refractivity contribution in [3.8, 4) is 0 Å². The van der Waals surface area contributed by atoms with E-state index in [2.05, 4.69) is 60.7 Å². The fourth-order valence-corrected chi connectivity index (χ4v) is 2.94. The van der Waals surface area contributed by atoms with Crippen molar-refractivity contribution in [1.29, 1.82) is 0 Å². The van der Waals surface area contributed by atoms with Gasteiger partial charge in [0.1, 0.15) is 5.76 Å². The lowest BCUT2D eigenvalue weighted by molar-refractivity contribution is 0.0917. The Hall–Kier alpha value is -2.28. The fourth-order valence-electron chi connectivity index (χ4n) is 2.94. The molecule has 2 aromatic carbocycles. The maximum absolute atomic E-state index is 6.18. The van der Waals surface area contributed by atoms with Crippen LogP contribution in [0.2, 0.25) is 0 Å². The lowest BCUT2D eigenvalue weighted by Crippen LogP contribution is -2.20. The second kappa shape index (κ2) is 3.86. The van der Waals surface area contributed by atoms with Crippen LogP contribution < -0.4 is 0 Å². The Kier molecular flexibility index (Phi) is 2.16. The number of hydrogen-bond donors (Lipinski definition) is 0. The van der Waals surface area contributed by atoms with E-state index in [1.807, 2.05) is 12.1 Å². The first-order valence-electron chi connectivity index (χ1n) is 6.60. The van der Waals surface area contributed by atoms with Crippen LogP contribution in [0.4, 0.5) is 0 Å². The Balaban J connectivity index is 1.76. The third-order valence-corrected chi connectivity index (χ3v) is 3.92. The van der Waals surface area contributed by atoms with Crippen LogP contribution in [0.3, 0.4) is 0 Å². The molecule has 1 atom stereocenters. The third kappa shape index (κ3) is 1.55. The minimum absolute atomic E-state index is 0.276. The summed E-state index contributed by atoms with van der Waals surface area (Å²) in [7, 11) is 0. The molecule has 0 saturated heterocycles. The highest BCUT2D eigenvalue weighted by molar-refractivity contribution is 5.75. The molecule has 0 saturated carbocycles. The summed E-state index contributed by atoms with van der Waals surface area (Å²) >= 11 is 0. The van der Waals surface area contributed by atoms with E-state index in [1.165, 1.54) is 16.7 Å². The molecule has 92 valence electrons. The van der Waals surface area contributed by atoms with Crippen LogP contribution in [-0.4, -0.2) is 0 Å². The monoisotopic (exact) mass is 246 g/mol. The first kappa shape index (κ1) is 10.6. The zero-order chi connectivity index (χ0) is 12.7. The third-order valence-electron chi connectivity index (χ3n) is 3.92. The van der Waals surface area contributed by atoms with Gasteiger partial charge in [-0.05, 0) is 23.3 Å². The summed E-state index contributed by atoms with van der Waals surface area (Å²) in [5.74, 6) is 1.02. The highest BCUT2D eigenvalue weighted by Crippen LogP contribution is 2.51. The molecule has 0 radical (unpaired) electrons. The Labute approximate surface area is 112 Å². The molecule has 0 spiro atoms. The normalized spacial score (nSPS) is 23.8. The summed E-state index contributed by atoms with van der Waals surface area (Å²) in [6.07, 6.45) is 5.22. The van der Waals surface area contributed by atoms with Crippen molar-refractivity contribution in [2.45, 2.75) is 12.0 Å². The van der Waals surface area contributed by atoms with Crippen molar-refractivity contribution in [1.82, 2.24) is 0 Å². The smallest absolute Gasteiger partial charge is 0.157 e. The summed E-state index contributed by atoms with van der Waals surface area (Å²) in [5.41, 5.74) is 3.53. The van der Waals surface area contributed by atoms with Crippen molar-refractivity contribution >= 4 is 5.57 Å². The molecule has 1 nitrogen and oxygen atoms in total. The van der Waals surface area contributed by atoms with Crippen LogP contribution in [-0.2, 0) is 10.3 Å². The van der Waals surface area contributed by atoms with E-state index < -0.39 is 0 Å². The highest BCUT2D eigenvalue weighted by Gasteiger charge is 2.43. The summed E-state index contributed by atoms with van der Waals surface area (Å²) < 4.78 is 6.18. The highest BCUT2D eigenvalue weighted by atomic mass is 16.5. The van der Waals surface area contributed by atoms with Gasteiger partial charge in [0.25, 0.3) is 0 Å². The minimum Gasteiger partial charge on any atom is -0.478 e. The number of allylic oxidation sites excluding steroid dienone is 1. The first-order valence-corrected chi connectivity index (χ1v) is 6.60. The standard InChI is InChI=1S/C18H14O/c1-3-7-14(8-4-1)16-13-18(12-11-17(16)19-18)15-9-5-2-6-10-15/h1-12H,13H2. The maximum atomic E-state index is 6.18. The van der Waals surface area contributed by atoms with Crippen molar-refractivity contribution in [2.75, 3.05) is 0 Å². The maximum Gasteiger partial charge on any atom is 0.157 e. The van der Waals surface area contributed by atoms with Gasteiger partial charge in [-0.2, -0.15) is 0 Å². The Bertz CT molecular complexity index is 667. The minimum atomic E-state index is -0.276. The molecule has 2 aliphatic heterocycles. The molecule has 0 N–H and O–H groups in total. The average molecular weight is 246 g/mol. The average Bonchev–Trinajstić information content (AvgIpc) is 3.09. The van der Waals surface area contributed by atoms with Crippen molar-refractivity contribution < 1.29 is 4.74 Å².